The lowest BCUT2D eigenvalue weighted by atomic mass is 9.83. The zero-order valence-electron chi connectivity index (χ0n) is 12.3. The van der Waals surface area contributed by atoms with Crippen LogP contribution in [0.3, 0.4) is 0 Å². The lowest BCUT2D eigenvalue weighted by molar-refractivity contribution is -0.872. The second-order valence-electron chi connectivity index (χ2n) is 6.51. The standard InChI is InChI=1S/C15H24N2O/c1-6-12-10(2)16-13-8-7-11(9-17(3,4)5)15(18)14(12)13/h11H,6-9H2,1-5H3/p+1. The highest BCUT2D eigenvalue weighted by atomic mass is 16.1. The van der Waals surface area contributed by atoms with Crippen LogP contribution in [0.15, 0.2) is 0 Å². The van der Waals surface area contributed by atoms with Crippen molar-refractivity contribution in [3.05, 3.63) is 22.5 Å². The van der Waals surface area contributed by atoms with E-state index in [0.29, 0.717) is 5.78 Å². The number of aryl methyl sites for hydroxylation is 2. The molecule has 1 unspecified atom stereocenters. The van der Waals surface area contributed by atoms with Gasteiger partial charge in [0.1, 0.15) is 0 Å². The summed E-state index contributed by atoms with van der Waals surface area (Å²) in [6.07, 6.45) is 2.96. The molecule has 0 amide bonds. The topological polar surface area (TPSA) is 32.9 Å². The van der Waals surface area contributed by atoms with Gasteiger partial charge in [0.15, 0.2) is 5.78 Å². The van der Waals surface area contributed by atoms with Crippen molar-refractivity contribution >= 4 is 5.78 Å². The molecule has 1 aliphatic carbocycles. The lowest BCUT2D eigenvalue weighted by Gasteiger charge is -2.30. The van der Waals surface area contributed by atoms with Crippen molar-refractivity contribution in [1.82, 2.24) is 4.98 Å². The first-order valence-corrected chi connectivity index (χ1v) is 6.88. The number of aromatic nitrogens is 1. The Hall–Kier alpha value is -1.09. The molecule has 0 aliphatic heterocycles. The molecule has 3 nitrogen and oxygen atoms in total. The molecule has 18 heavy (non-hydrogen) atoms. The summed E-state index contributed by atoms with van der Waals surface area (Å²) >= 11 is 0. The third-order valence-corrected chi connectivity index (χ3v) is 3.88. The van der Waals surface area contributed by atoms with E-state index in [2.05, 4.69) is 40.0 Å². The third kappa shape index (κ3) is 2.37. The van der Waals surface area contributed by atoms with Crippen LogP contribution in [0.2, 0.25) is 0 Å². The zero-order valence-corrected chi connectivity index (χ0v) is 12.3. The highest BCUT2D eigenvalue weighted by Crippen LogP contribution is 2.31. The molecular formula is C15H25N2O+. The molecule has 2 rings (SSSR count). The van der Waals surface area contributed by atoms with Crippen molar-refractivity contribution in [2.75, 3.05) is 27.7 Å². The maximum Gasteiger partial charge on any atom is 0.173 e. The Balaban J connectivity index is 2.33. The van der Waals surface area contributed by atoms with Gasteiger partial charge < -0.3 is 9.47 Å². The van der Waals surface area contributed by atoms with Gasteiger partial charge in [-0.3, -0.25) is 4.79 Å². The van der Waals surface area contributed by atoms with E-state index in [-0.39, 0.29) is 5.92 Å². The van der Waals surface area contributed by atoms with E-state index in [9.17, 15) is 4.79 Å². The molecule has 0 spiro atoms. The summed E-state index contributed by atoms with van der Waals surface area (Å²) in [5.41, 5.74) is 4.61. The number of quaternary nitrogens is 1. The Bertz CT molecular complexity index is 466. The minimum absolute atomic E-state index is 0.193. The van der Waals surface area contributed by atoms with E-state index < -0.39 is 0 Å². The number of nitrogens with zero attached hydrogens (tertiary/aromatic N) is 1. The predicted molar refractivity (Wildman–Crippen MR) is 73.9 cm³/mol. The molecule has 0 bridgehead atoms. The summed E-state index contributed by atoms with van der Waals surface area (Å²) in [7, 11) is 6.48. The van der Waals surface area contributed by atoms with E-state index in [0.717, 1.165) is 35.9 Å². The van der Waals surface area contributed by atoms with Gasteiger partial charge in [-0.15, -0.1) is 0 Å². The molecule has 1 aliphatic rings. The number of fused-ring (bicyclic) bond motifs is 1. The normalized spacial score (nSPS) is 20.1. The van der Waals surface area contributed by atoms with Crippen molar-refractivity contribution in [2.24, 2.45) is 5.92 Å². The summed E-state index contributed by atoms with van der Waals surface area (Å²) in [6.45, 7) is 5.15. The number of aromatic amines is 1. The summed E-state index contributed by atoms with van der Waals surface area (Å²) in [5, 5.41) is 0. The van der Waals surface area contributed by atoms with Crippen molar-refractivity contribution in [1.29, 1.82) is 0 Å². The van der Waals surface area contributed by atoms with Gasteiger partial charge in [-0.25, -0.2) is 0 Å². The number of hydrogen-bond acceptors (Lipinski definition) is 1. The molecule has 1 aromatic heterocycles. The summed E-state index contributed by atoms with van der Waals surface area (Å²) in [5.74, 6) is 0.559. The average molecular weight is 249 g/mol. The average Bonchev–Trinajstić information content (AvgIpc) is 2.57. The molecule has 1 N–H and O–H groups in total. The van der Waals surface area contributed by atoms with Gasteiger partial charge in [0.2, 0.25) is 0 Å². The van der Waals surface area contributed by atoms with Gasteiger partial charge >= 0.3 is 0 Å². The highest BCUT2D eigenvalue weighted by molar-refractivity contribution is 6.01. The van der Waals surface area contributed by atoms with E-state index in [4.69, 9.17) is 0 Å². The summed E-state index contributed by atoms with van der Waals surface area (Å²) in [6, 6.07) is 0. The fraction of sp³-hybridized carbons (Fsp3) is 0.667. The van der Waals surface area contributed by atoms with Gasteiger partial charge in [-0.05, 0) is 31.7 Å². The Morgan fingerprint density at radius 1 is 1.33 bits per heavy atom. The van der Waals surface area contributed by atoms with Crippen LogP contribution in [0.4, 0.5) is 0 Å². The minimum Gasteiger partial charge on any atom is -0.362 e. The molecule has 0 fully saturated rings. The molecule has 0 aromatic carbocycles. The predicted octanol–water partition coefficient (Wildman–Crippen LogP) is 2.34. The maximum atomic E-state index is 12.7. The lowest BCUT2D eigenvalue weighted by Crippen LogP contribution is -2.43. The van der Waals surface area contributed by atoms with Crippen LogP contribution in [-0.2, 0) is 12.8 Å². The van der Waals surface area contributed by atoms with Crippen LogP contribution in [0, 0.1) is 12.8 Å². The Kier molecular flexibility index (Phi) is 3.37. The van der Waals surface area contributed by atoms with Crippen LogP contribution in [0.25, 0.3) is 0 Å². The number of carbonyl (C=O) groups is 1. The van der Waals surface area contributed by atoms with E-state index >= 15 is 0 Å². The largest absolute Gasteiger partial charge is 0.362 e. The van der Waals surface area contributed by atoms with Crippen LogP contribution >= 0.6 is 0 Å². The Labute approximate surface area is 110 Å². The van der Waals surface area contributed by atoms with Crippen molar-refractivity contribution < 1.29 is 9.28 Å². The van der Waals surface area contributed by atoms with Crippen LogP contribution in [-0.4, -0.2) is 42.9 Å². The number of nitrogens with one attached hydrogen (secondary N) is 1. The number of carbonyl (C=O) groups excluding carboxylic acids is 1. The molecule has 1 heterocycles. The van der Waals surface area contributed by atoms with Gasteiger partial charge in [0.05, 0.1) is 33.6 Å². The van der Waals surface area contributed by atoms with E-state index in [1.54, 1.807) is 0 Å². The first-order chi connectivity index (χ1) is 8.33. The molecule has 0 radical (unpaired) electrons. The van der Waals surface area contributed by atoms with Crippen molar-refractivity contribution in [3.8, 4) is 0 Å². The minimum atomic E-state index is 0.193. The van der Waals surface area contributed by atoms with Crippen molar-refractivity contribution in [3.63, 3.8) is 0 Å². The highest BCUT2D eigenvalue weighted by Gasteiger charge is 2.34. The van der Waals surface area contributed by atoms with Crippen molar-refractivity contribution in [2.45, 2.75) is 33.1 Å². The molecule has 1 aromatic rings. The molecule has 0 saturated heterocycles. The number of hydrogen-bond donors (Lipinski definition) is 1. The second kappa shape index (κ2) is 4.54. The van der Waals surface area contributed by atoms with Gasteiger partial charge in [0.25, 0.3) is 0 Å². The van der Waals surface area contributed by atoms with Gasteiger partial charge in [-0.2, -0.15) is 0 Å². The number of H-pyrrole nitrogens is 1. The quantitative estimate of drug-likeness (QED) is 0.819. The SMILES string of the molecule is CCc1c(C)[nH]c2c1C(=O)C(C[N+](C)(C)C)CC2. The van der Waals surface area contributed by atoms with Crippen LogP contribution in [0.5, 0.6) is 0 Å². The van der Waals surface area contributed by atoms with Gasteiger partial charge in [-0.1, -0.05) is 6.92 Å². The van der Waals surface area contributed by atoms with E-state index in [1.165, 1.54) is 17.0 Å². The zero-order chi connectivity index (χ0) is 13.5. The monoisotopic (exact) mass is 249 g/mol. The fourth-order valence-electron chi connectivity index (χ4n) is 3.15. The smallest absolute Gasteiger partial charge is 0.173 e. The molecule has 1 atom stereocenters. The first kappa shape index (κ1) is 13.3. The maximum absolute atomic E-state index is 12.7. The summed E-state index contributed by atoms with van der Waals surface area (Å²) < 4.78 is 0.858. The second-order valence-corrected chi connectivity index (χ2v) is 6.51. The molecule has 3 heteroatoms. The third-order valence-electron chi connectivity index (χ3n) is 3.88. The molecule has 100 valence electrons. The summed E-state index contributed by atoms with van der Waals surface area (Å²) in [4.78, 5) is 16.1. The van der Waals surface area contributed by atoms with Crippen LogP contribution < -0.4 is 0 Å². The number of ketones is 1. The number of Topliss-reactive ketones (excluding diaryl/α,β-unsaturated/α-hetero) is 1. The molecule has 0 saturated carbocycles. The molecular weight excluding hydrogens is 224 g/mol. The van der Waals surface area contributed by atoms with Crippen LogP contribution in [0.1, 0.15) is 40.7 Å². The Morgan fingerprint density at radius 3 is 2.56 bits per heavy atom. The first-order valence-electron chi connectivity index (χ1n) is 6.88. The van der Waals surface area contributed by atoms with E-state index in [1.807, 2.05) is 0 Å². The Morgan fingerprint density at radius 2 is 2.00 bits per heavy atom. The van der Waals surface area contributed by atoms with Gasteiger partial charge in [0, 0.05) is 17.0 Å². The number of rotatable bonds is 3. The fourth-order valence-corrected chi connectivity index (χ4v) is 3.15.